The molecule has 0 fully saturated rings. The van der Waals surface area contributed by atoms with Crippen LogP contribution in [0, 0.1) is 24.3 Å². The van der Waals surface area contributed by atoms with Gasteiger partial charge in [0.05, 0.1) is 0 Å². The number of H-pyrrole nitrogens is 1. The van der Waals surface area contributed by atoms with E-state index in [0.29, 0.717) is 16.2 Å². The minimum Gasteiger partial charge on any atom is -0.341 e. The molecule has 2 nitrogen and oxygen atoms in total. The number of nitrogens with one attached hydrogen (secondary N) is 1. The molecule has 2 aliphatic rings. The van der Waals surface area contributed by atoms with Gasteiger partial charge in [0.2, 0.25) is 0 Å². The Bertz CT molecular complexity index is 518. The molecule has 1 N–H and O–H groups in total. The molecule has 14 heavy (non-hydrogen) atoms. The van der Waals surface area contributed by atoms with E-state index in [2.05, 4.69) is 9.97 Å². The first-order chi connectivity index (χ1) is 6.58. The summed E-state index contributed by atoms with van der Waals surface area (Å²) in [5.41, 5.74) is 2.12. The van der Waals surface area contributed by atoms with Crippen LogP contribution in [0.4, 0.5) is 4.39 Å². The molecular weight excluding hydrogens is 199 g/mol. The minimum absolute atomic E-state index is 0.254. The largest absolute Gasteiger partial charge is 0.341 e. The van der Waals surface area contributed by atoms with Gasteiger partial charge in [-0.1, -0.05) is 12.2 Å². The molecule has 0 amide bonds. The van der Waals surface area contributed by atoms with E-state index in [1.165, 1.54) is 6.07 Å². The van der Waals surface area contributed by atoms with Gasteiger partial charge < -0.3 is 4.98 Å². The van der Waals surface area contributed by atoms with Crippen molar-refractivity contribution in [3.63, 3.8) is 0 Å². The lowest BCUT2D eigenvalue weighted by molar-refractivity contribution is 0.609. The van der Waals surface area contributed by atoms with Gasteiger partial charge in [-0.2, -0.15) is 0 Å². The van der Waals surface area contributed by atoms with Crippen LogP contribution in [0.1, 0.15) is 11.3 Å². The topological polar surface area (TPSA) is 28.7 Å². The van der Waals surface area contributed by atoms with Crippen LogP contribution in [0.3, 0.4) is 0 Å². The maximum atomic E-state index is 13.2. The summed E-state index contributed by atoms with van der Waals surface area (Å²) < 4.78 is 13.8. The number of hydrogen-bond donors (Lipinski definition) is 1. The number of hydrogen-bond acceptors (Lipinski definition) is 2. The molecule has 4 heteroatoms. The van der Waals surface area contributed by atoms with Gasteiger partial charge in [-0.05, 0) is 31.5 Å². The van der Waals surface area contributed by atoms with Gasteiger partial charge in [-0.25, -0.2) is 9.37 Å². The molecule has 2 aliphatic heterocycles. The monoisotopic (exact) mass is 208 g/mol. The summed E-state index contributed by atoms with van der Waals surface area (Å²) in [5.74, 6) is 0.385. The summed E-state index contributed by atoms with van der Waals surface area (Å²) in [6.07, 6.45) is 0. The van der Waals surface area contributed by atoms with Crippen molar-refractivity contribution >= 4 is 12.2 Å². The molecule has 72 valence electrons. The number of rotatable bonds is 0. The smallest absolute Gasteiger partial charge is 0.142 e. The van der Waals surface area contributed by atoms with E-state index in [4.69, 9.17) is 12.2 Å². The maximum Gasteiger partial charge on any atom is 0.142 e. The number of aromatic nitrogens is 2. The van der Waals surface area contributed by atoms with Crippen LogP contribution in [0.25, 0.3) is 11.4 Å². The zero-order chi connectivity index (χ0) is 10.3. The van der Waals surface area contributed by atoms with Crippen LogP contribution < -0.4 is 0 Å². The first-order valence-electron chi connectivity index (χ1n) is 4.25. The second-order valence-electron chi connectivity index (χ2n) is 3.29. The fourth-order valence-corrected chi connectivity index (χ4v) is 1.46. The standard InChI is InChI=1S/C10H9FN2S/c1-5-3-7-4-8(11)6(2)12-9(7)13-10(5)14/h3-4H,1-2H3,(H,12,13,14). The Morgan fingerprint density at radius 3 is 2.79 bits per heavy atom. The third-order valence-electron chi connectivity index (χ3n) is 2.14. The van der Waals surface area contributed by atoms with Crippen LogP contribution in [0.5, 0.6) is 0 Å². The molecular formula is C10H9FN2S. The van der Waals surface area contributed by atoms with E-state index in [0.717, 1.165) is 11.1 Å². The molecule has 0 bridgehead atoms. The van der Waals surface area contributed by atoms with Gasteiger partial charge in [0.15, 0.2) is 0 Å². The second kappa shape index (κ2) is 3.13. The van der Waals surface area contributed by atoms with E-state index in [1.54, 1.807) is 6.92 Å². The van der Waals surface area contributed by atoms with Gasteiger partial charge in [0.25, 0.3) is 0 Å². The van der Waals surface area contributed by atoms with Crippen LogP contribution in [0.2, 0.25) is 0 Å². The van der Waals surface area contributed by atoms with Crippen LogP contribution in [-0.4, -0.2) is 9.97 Å². The Kier molecular flexibility index (Phi) is 2.07. The molecule has 0 atom stereocenters. The minimum atomic E-state index is -0.254. The summed E-state index contributed by atoms with van der Waals surface area (Å²) in [5, 5.41) is 0. The average molecular weight is 208 g/mol. The van der Waals surface area contributed by atoms with Crippen LogP contribution in [0.15, 0.2) is 12.1 Å². The predicted molar refractivity (Wildman–Crippen MR) is 55.5 cm³/mol. The molecule has 0 unspecified atom stereocenters. The quantitative estimate of drug-likeness (QED) is 0.674. The normalized spacial score (nSPS) is 10.8. The molecule has 0 saturated carbocycles. The molecule has 2 heterocycles. The van der Waals surface area contributed by atoms with Crippen molar-refractivity contribution in [1.82, 2.24) is 9.97 Å². The number of aryl methyl sites for hydroxylation is 2. The lowest BCUT2D eigenvalue weighted by Crippen LogP contribution is -1.98. The van der Waals surface area contributed by atoms with E-state index in [-0.39, 0.29) is 5.82 Å². The fraction of sp³-hybridized carbons (Fsp3) is 0.200. The van der Waals surface area contributed by atoms with Gasteiger partial charge in [-0.15, -0.1) is 0 Å². The van der Waals surface area contributed by atoms with Crippen molar-refractivity contribution < 1.29 is 4.39 Å². The van der Waals surface area contributed by atoms with Crippen molar-refractivity contribution in [3.8, 4) is 11.4 Å². The molecule has 0 aromatic carbocycles. The van der Waals surface area contributed by atoms with Crippen molar-refractivity contribution in [2.24, 2.45) is 0 Å². The van der Waals surface area contributed by atoms with Gasteiger partial charge >= 0.3 is 0 Å². The highest BCUT2D eigenvalue weighted by Gasteiger charge is 2.08. The van der Waals surface area contributed by atoms with Gasteiger partial charge in [0.1, 0.15) is 16.3 Å². The number of aromatic amines is 1. The number of fused-ring (bicyclic) bond motifs is 1. The van der Waals surface area contributed by atoms with E-state index in [9.17, 15) is 4.39 Å². The molecule has 0 radical (unpaired) electrons. The second-order valence-corrected chi connectivity index (χ2v) is 3.68. The number of pyridine rings is 2. The Balaban J connectivity index is 2.85. The third-order valence-corrected chi connectivity index (χ3v) is 2.56. The molecule has 0 aliphatic carbocycles. The van der Waals surface area contributed by atoms with E-state index >= 15 is 0 Å². The summed E-state index contributed by atoms with van der Waals surface area (Å²) in [7, 11) is 0. The third kappa shape index (κ3) is 1.42. The van der Waals surface area contributed by atoms with E-state index < -0.39 is 0 Å². The highest BCUT2D eigenvalue weighted by atomic mass is 32.1. The Morgan fingerprint density at radius 2 is 2.07 bits per heavy atom. The van der Waals surface area contributed by atoms with Crippen LogP contribution >= 0.6 is 12.2 Å². The van der Waals surface area contributed by atoms with Crippen molar-refractivity contribution in [2.45, 2.75) is 13.8 Å². The maximum absolute atomic E-state index is 13.2. The first-order valence-corrected chi connectivity index (χ1v) is 4.65. The summed E-state index contributed by atoms with van der Waals surface area (Å²) >= 11 is 5.03. The zero-order valence-corrected chi connectivity index (χ0v) is 8.70. The fourth-order valence-electron chi connectivity index (χ4n) is 1.31. The van der Waals surface area contributed by atoms with E-state index in [1.807, 2.05) is 13.0 Å². The Hall–Kier alpha value is -1.29. The number of nitrogens with zero attached hydrogens (tertiary/aromatic N) is 1. The van der Waals surface area contributed by atoms with Crippen LogP contribution in [-0.2, 0) is 0 Å². The average Bonchev–Trinajstić information content (AvgIpc) is 2.11. The lowest BCUT2D eigenvalue weighted by atomic mass is 10.1. The van der Waals surface area contributed by atoms with Gasteiger partial charge in [-0.3, -0.25) is 0 Å². The first kappa shape index (κ1) is 9.27. The molecule has 0 aromatic heterocycles. The SMILES string of the molecule is Cc1[nH]c2nc(=S)c(C)cc-2cc1F. The molecule has 0 aromatic rings. The Labute approximate surface area is 86.2 Å². The number of halogens is 1. The molecule has 2 rings (SSSR count). The van der Waals surface area contributed by atoms with Gasteiger partial charge in [0, 0.05) is 11.3 Å². The highest BCUT2D eigenvalue weighted by Crippen LogP contribution is 2.21. The zero-order valence-electron chi connectivity index (χ0n) is 7.89. The molecule has 0 spiro atoms. The molecule has 0 saturated heterocycles. The Morgan fingerprint density at radius 1 is 1.36 bits per heavy atom. The summed E-state index contributed by atoms with van der Waals surface area (Å²) in [6, 6.07) is 3.31. The summed E-state index contributed by atoms with van der Waals surface area (Å²) in [4.78, 5) is 7.04. The van der Waals surface area contributed by atoms with Crippen molar-refractivity contribution in [3.05, 3.63) is 33.8 Å². The van der Waals surface area contributed by atoms with Crippen molar-refractivity contribution in [2.75, 3.05) is 0 Å². The predicted octanol–water partition coefficient (Wildman–Crippen LogP) is 3.00. The van der Waals surface area contributed by atoms with Crippen molar-refractivity contribution in [1.29, 1.82) is 0 Å². The lowest BCUT2D eigenvalue weighted by Gasteiger charge is -2.07. The summed E-state index contributed by atoms with van der Waals surface area (Å²) in [6.45, 7) is 3.53. The highest BCUT2D eigenvalue weighted by molar-refractivity contribution is 7.71.